The number of methoxy groups -OCH3 is 1. The first kappa shape index (κ1) is 13.6. The average Bonchev–Trinajstić information content (AvgIpc) is 2.53. The van der Waals surface area contributed by atoms with E-state index >= 15 is 0 Å². The first-order valence-corrected chi connectivity index (χ1v) is 6.67. The Morgan fingerprint density at radius 1 is 1.29 bits per heavy atom. The molecule has 1 aliphatic rings. The maximum Gasteiger partial charge on any atom is 0.349 e. The molecule has 21 heavy (non-hydrogen) atoms. The molecular weight excluding hydrogens is 274 g/mol. The van der Waals surface area contributed by atoms with Gasteiger partial charge >= 0.3 is 5.63 Å². The Morgan fingerprint density at radius 3 is 2.71 bits per heavy atom. The zero-order valence-electron chi connectivity index (χ0n) is 11.6. The summed E-state index contributed by atoms with van der Waals surface area (Å²) < 4.78 is 15.7. The van der Waals surface area contributed by atoms with E-state index in [1.165, 1.54) is 0 Å². The number of nitrogens with zero attached hydrogens (tertiary/aromatic N) is 1. The standard InChI is InChI=1S/C15H15NO5/c1-19-10-2-3-11-13(8-10)21-15(18)12(9-17)14(11)16-4-6-20-7-5-16/h2-3,8-9H,4-7H2,1H3. The molecule has 0 bridgehead atoms. The number of aldehydes is 1. The minimum absolute atomic E-state index is 0.0505. The van der Waals surface area contributed by atoms with Crippen LogP contribution in [0.5, 0.6) is 5.75 Å². The second-order valence-corrected chi connectivity index (χ2v) is 4.73. The van der Waals surface area contributed by atoms with Gasteiger partial charge in [0.15, 0.2) is 6.29 Å². The van der Waals surface area contributed by atoms with Gasteiger partial charge in [0.05, 0.1) is 26.0 Å². The molecule has 0 atom stereocenters. The van der Waals surface area contributed by atoms with E-state index in [0.29, 0.717) is 49.6 Å². The molecule has 2 heterocycles. The van der Waals surface area contributed by atoms with Crippen LogP contribution in [-0.4, -0.2) is 39.7 Å². The van der Waals surface area contributed by atoms with Crippen molar-refractivity contribution in [3.05, 3.63) is 34.2 Å². The Labute approximate surface area is 120 Å². The number of carbonyl (C=O) groups excluding carboxylic acids is 1. The molecule has 0 saturated carbocycles. The summed E-state index contributed by atoms with van der Waals surface area (Å²) in [5.41, 5.74) is 0.440. The fourth-order valence-electron chi connectivity index (χ4n) is 2.54. The topological polar surface area (TPSA) is 69.0 Å². The molecule has 6 nitrogen and oxygen atoms in total. The van der Waals surface area contributed by atoms with Crippen molar-refractivity contribution in [1.29, 1.82) is 0 Å². The van der Waals surface area contributed by atoms with Gasteiger partial charge in [0.25, 0.3) is 0 Å². The number of carbonyl (C=O) groups is 1. The van der Waals surface area contributed by atoms with Gasteiger partial charge in [-0.15, -0.1) is 0 Å². The fraction of sp³-hybridized carbons (Fsp3) is 0.333. The second-order valence-electron chi connectivity index (χ2n) is 4.73. The molecule has 1 aliphatic heterocycles. The van der Waals surface area contributed by atoms with Gasteiger partial charge in [0.1, 0.15) is 16.9 Å². The number of hydrogen-bond donors (Lipinski definition) is 0. The number of ether oxygens (including phenoxy) is 2. The molecule has 1 aromatic carbocycles. The van der Waals surface area contributed by atoms with E-state index in [4.69, 9.17) is 13.9 Å². The normalized spacial score (nSPS) is 15.2. The van der Waals surface area contributed by atoms with Crippen LogP contribution >= 0.6 is 0 Å². The maximum atomic E-state index is 12.0. The average molecular weight is 289 g/mol. The van der Waals surface area contributed by atoms with Crippen LogP contribution in [0.2, 0.25) is 0 Å². The van der Waals surface area contributed by atoms with Gasteiger partial charge in [0.2, 0.25) is 0 Å². The van der Waals surface area contributed by atoms with Crippen molar-refractivity contribution >= 4 is 22.9 Å². The van der Waals surface area contributed by atoms with Gasteiger partial charge in [-0.25, -0.2) is 4.79 Å². The van der Waals surface area contributed by atoms with Gasteiger partial charge < -0.3 is 18.8 Å². The van der Waals surface area contributed by atoms with Gasteiger partial charge in [-0.2, -0.15) is 0 Å². The van der Waals surface area contributed by atoms with Crippen molar-refractivity contribution in [1.82, 2.24) is 0 Å². The highest BCUT2D eigenvalue weighted by molar-refractivity contribution is 5.99. The lowest BCUT2D eigenvalue weighted by Gasteiger charge is -2.30. The predicted molar refractivity (Wildman–Crippen MR) is 77.5 cm³/mol. The molecule has 6 heteroatoms. The third-order valence-electron chi connectivity index (χ3n) is 3.57. The monoisotopic (exact) mass is 289 g/mol. The van der Waals surface area contributed by atoms with Crippen LogP contribution in [0.15, 0.2) is 27.4 Å². The molecule has 1 aromatic heterocycles. The summed E-state index contributed by atoms with van der Waals surface area (Å²) in [4.78, 5) is 25.3. The third kappa shape index (κ3) is 2.38. The summed E-state index contributed by atoms with van der Waals surface area (Å²) in [7, 11) is 1.54. The van der Waals surface area contributed by atoms with Crippen molar-refractivity contribution in [3.63, 3.8) is 0 Å². The Balaban J connectivity index is 2.27. The Hall–Kier alpha value is -2.34. The van der Waals surface area contributed by atoms with E-state index in [2.05, 4.69) is 0 Å². The first-order valence-electron chi connectivity index (χ1n) is 6.67. The smallest absolute Gasteiger partial charge is 0.349 e. The molecular formula is C15H15NO5. The molecule has 0 radical (unpaired) electrons. The highest BCUT2D eigenvalue weighted by Gasteiger charge is 2.21. The third-order valence-corrected chi connectivity index (χ3v) is 3.57. The summed E-state index contributed by atoms with van der Waals surface area (Å²) in [6.45, 7) is 2.39. The minimum atomic E-state index is -0.632. The summed E-state index contributed by atoms with van der Waals surface area (Å²) in [6, 6.07) is 5.23. The number of benzene rings is 1. The lowest BCUT2D eigenvalue weighted by molar-refractivity contribution is 0.111. The van der Waals surface area contributed by atoms with Crippen LogP contribution < -0.4 is 15.3 Å². The zero-order valence-corrected chi connectivity index (χ0v) is 11.6. The van der Waals surface area contributed by atoms with Crippen LogP contribution in [0, 0.1) is 0 Å². The molecule has 0 spiro atoms. The van der Waals surface area contributed by atoms with E-state index < -0.39 is 5.63 Å². The van der Waals surface area contributed by atoms with Crippen molar-refractivity contribution < 1.29 is 18.7 Å². The Kier molecular flexibility index (Phi) is 3.62. The Morgan fingerprint density at radius 2 is 2.05 bits per heavy atom. The predicted octanol–water partition coefficient (Wildman–Crippen LogP) is 1.45. The molecule has 0 N–H and O–H groups in total. The Bertz CT molecular complexity index is 731. The maximum absolute atomic E-state index is 12.0. The van der Waals surface area contributed by atoms with Crippen LogP contribution in [0.4, 0.5) is 5.69 Å². The van der Waals surface area contributed by atoms with Crippen molar-refractivity contribution in [2.45, 2.75) is 0 Å². The number of morpholine rings is 1. The zero-order chi connectivity index (χ0) is 14.8. The van der Waals surface area contributed by atoms with Crippen molar-refractivity contribution in [3.8, 4) is 5.75 Å². The van der Waals surface area contributed by atoms with Crippen LogP contribution in [-0.2, 0) is 4.74 Å². The molecule has 110 valence electrons. The SMILES string of the molecule is COc1ccc2c(N3CCOCC3)c(C=O)c(=O)oc2c1. The van der Waals surface area contributed by atoms with Crippen molar-refractivity contribution in [2.75, 3.05) is 38.3 Å². The number of fused-ring (bicyclic) bond motifs is 1. The van der Waals surface area contributed by atoms with Crippen LogP contribution in [0.1, 0.15) is 10.4 Å². The fourth-order valence-corrected chi connectivity index (χ4v) is 2.54. The van der Waals surface area contributed by atoms with Crippen LogP contribution in [0.3, 0.4) is 0 Å². The van der Waals surface area contributed by atoms with Crippen molar-refractivity contribution in [2.24, 2.45) is 0 Å². The molecule has 3 rings (SSSR count). The first-order chi connectivity index (χ1) is 10.2. The molecule has 2 aromatic rings. The van der Waals surface area contributed by atoms with Gasteiger partial charge in [-0.05, 0) is 12.1 Å². The molecule has 0 unspecified atom stereocenters. The van der Waals surface area contributed by atoms with Gasteiger partial charge in [-0.1, -0.05) is 0 Å². The van der Waals surface area contributed by atoms with E-state index in [9.17, 15) is 9.59 Å². The molecule has 0 amide bonds. The summed E-state index contributed by atoms with van der Waals surface area (Å²) in [5.74, 6) is 0.595. The largest absolute Gasteiger partial charge is 0.497 e. The summed E-state index contributed by atoms with van der Waals surface area (Å²) in [5, 5.41) is 0.722. The van der Waals surface area contributed by atoms with Crippen LogP contribution in [0.25, 0.3) is 11.0 Å². The van der Waals surface area contributed by atoms with E-state index in [1.54, 1.807) is 25.3 Å². The lowest BCUT2D eigenvalue weighted by atomic mass is 10.1. The summed E-state index contributed by atoms with van der Waals surface area (Å²) >= 11 is 0. The van der Waals surface area contributed by atoms with E-state index in [-0.39, 0.29) is 5.56 Å². The quantitative estimate of drug-likeness (QED) is 0.629. The minimum Gasteiger partial charge on any atom is -0.497 e. The molecule has 1 fully saturated rings. The van der Waals surface area contributed by atoms with Gasteiger partial charge in [0, 0.05) is 24.5 Å². The van der Waals surface area contributed by atoms with E-state index in [0.717, 1.165) is 5.39 Å². The highest BCUT2D eigenvalue weighted by Crippen LogP contribution is 2.31. The second kappa shape index (κ2) is 5.57. The summed E-state index contributed by atoms with van der Waals surface area (Å²) in [6.07, 6.45) is 0.556. The molecule has 0 aliphatic carbocycles. The lowest BCUT2D eigenvalue weighted by Crippen LogP contribution is -2.37. The number of rotatable bonds is 3. The molecule has 1 saturated heterocycles. The van der Waals surface area contributed by atoms with Gasteiger partial charge in [-0.3, -0.25) is 4.79 Å². The highest BCUT2D eigenvalue weighted by atomic mass is 16.5. The number of hydrogen-bond acceptors (Lipinski definition) is 6. The van der Waals surface area contributed by atoms with E-state index in [1.807, 2.05) is 4.90 Å². The number of anilines is 1.